The van der Waals surface area contributed by atoms with Crippen LogP contribution in [-0.4, -0.2) is 42.4 Å². The number of ketones is 1. The molecule has 7 nitrogen and oxygen atoms in total. The maximum atomic E-state index is 13.5. The Hall–Kier alpha value is -2.84. The van der Waals surface area contributed by atoms with E-state index in [2.05, 4.69) is 10.6 Å². The molecule has 2 amide bonds. The Morgan fingerprint density at radius 3 is 2.65 bits per heavy atom. The van der Waals surface area contributed by atoms with Crippen LogP contribution in [0, 0.1) is 11.2 Å². The van der Waals surface area contributed by atoms with E-state index in [-0.39, 0.29) is 47.9 Å². The standard InChI is InChI=1S/C24H21Cl2FN2O5/c25-13-1-4-20-16(5-13)19(30)7-15(34-20)8-28-22(32)23-10-24(11-23,12-23)29-21(31)9-33-14-2-3-17(26)18(27)6-14/h1-6,15H,7-12H2,(H,28,32)(H,29,31). The molecule has 0 saturated heterocycles. The first-order valence-electron chi connectivity index (χ1n) is 10.8. The summed E-state index contributed by atoms with van der Waals surface area (Å²) < 4.78 is 24.6. The van der Waals surface area contributed by atoms with Crippen molar-refractivity contribution in [3.05, 3.63) is 57.8 Å². The zero-order valence-corrected chi connectivity index (χ0v) is 19.5. The van der Waals surface area contributed by atoms with Gasteiger partial charge in [0, 0.05) is 23.0 Å². The number of hydrogen-bond acceptors (Lipinski definition) is 5. The highest BCUT2D eigenvalue weighted by atomic mass is 35.5. The highest BCUT2D eigenvalue weighted by Crippen LogP contribution is 2.67. The van der Waals surface area contributed by atoms with Gasteiger partial charge in [0.25, 0.3) is 5.91 Å². The predicted molar refractivity (Wildman–Crippen MR) is 122 cm³/mol. The molecule has 3 fully saturated rings. The van der Waals surface area contributed by atoms with E-state index in [1.165, 1.54) is 12.1 Å². The number of rotatable bonds is 7. The first-order valence-corrected chi connectivity index (χ1v) is 11.6. The lowest BCUT2D eigenvalue weighted by Crippen LogP contribution is -2.78. The van der Waals surface area contributed by atoms with Gasteiger partial charge in [-0.05, 0) is 49.6 Å². The summed E-state index contributed by atoms with van der Waals surface area (Å²) in [6, 6.07) is 8.86. The van der Waals surface area contributed by atoms with E-state index >= 15 is 0 Å². The Morgan fingerprint density at radius 1 is 1.15 bits per heavy atom. The third-order valence-corrected chi connectivity index (χ3v) is 7.16. The quantitative estimate of drug-likeness (QED) is 0.597. The molecule has 178 valence electrons. The Balaban J connectivity index is 1.06. The summed E-state index contributed by atoms with van der Waals surface area (Å²) in [6.07, 6.45) is 1.34. The van der Waals surface area contributed by atoms with Gasteiger partial charge in [0.15, 0.2) is 12.4 Å². The SMILES string of the molecule is O=C(COc1ccc(Cl)c(F)c1)NC12CC(C(=O)NCC3CC(=O)c4cc(Cl)ccc4O3)(C1)C2. The number of halogens is 3. The zero-order chi connectivity index (χ0) is 24.1. The third-order valence-electron chi connectivity index (χ3n) is 6.62. The number of hydrogen-bond donors (Lipinski definition) is 2. The van der Waals surface area contributed by atoms with E-state index < -0.39 is 22.9 Å². The average molecular weight is 507 g/mol. The Bertz CT molecular complexity index is 1180. The van der Waals surface area contributed by atoms with Crippen molar-refractivity contribution in [3.8, 4) is 11.5 Å². The predicted octanol–water partition coefficient (Wildman–Crippen LogP) is 3.70. The Kier molecular flexibility index (Phi) is 5.68. The number of amides is 2. The van der Waals surface area contributed by atoms with Crippen LogP contribution in [0.15, 0.2) is 36.4 Å². The molecule has 2 N–H and O–H groups in total. The maximum Gasteiger partial charge on any atom is 0.258 e. The molecular weight excluding hydrogens is 486 g/mol. The molecule has 10 heteroatoms. The largest absolute Gasteiger partial charge is 0.487 e. The van der Waals surface area contributed by atoms with Crippen molar-refractivity contribution < 1.29 is 28.2 Å². The minimum absolute atomic E-state index is 0.0226. The first-order chi connectivity index (χ1) is 16.2. The second kappa shape index (κ2) is 8.43. The van der Waals surface area contributed by atoms with Gasteiger partial charge >= 0.3 is 0 Å². The van der Waals surface area contributed by atoms with Gasteiger partial charge in [-0.25, -0.2) is 4.39 Å². The molecular formula is C24H21Cl2FN2O5. The fraction of sp³-hybridized carbons (Fsp3) is 0.375. The molecule has 4 aliphatic rings. The summed E-state index contributed by atoms with van der Waals surface area (Å²) in [5.74, 6) is -0.455. The first kappa shape index (κ1) is 22.9. The van der Waals surface area contributed by atoms with Crippen LogP contribution < -0.4 is 20.1 Å². The number of fused-ring (bicyclic) bond motifs is 1. The minimum atomic E-state index is -0.622. The number of benzene rings is 2. The van der Waals surface area contributed by atoms with Gasteiger partial charge in [0.2, 0.25) is 5.91 Å². The number of nitrogens with one attached hydrogen (secondary N) is 2. The number of ether oxygens (including phenoxy) is 2. The van der Waals surface area contributed by atoms with Gasteiger partial charge in [0.05, 0.1) is 22.5 Å². The normalized spacial score (nSPS) is 26.3. The summed E-state index contributed by atoms with van der Waals surface area (Å²) in [7, 11) is 0. The van der Waals surface area contributed by atoms with Gasteiger partial charge in [-0.3, -0.25) is 14.4 Å². The van der Waals surface area contributed by atoms with Crippen molar-refractivity contribution in [2.75, 3.05) is 13.2 Å². The minimum Gasteiger partial charge on any atom is -0.487 e. The molecule has 3 aliphatic carbocycles. The van der Waals surface area contributed by atoms with Crippen LogP contribution in [0.4, 0.5) is 4.39 Å². The molecule has 2 aromatic rings. The fourth-order valence-corrected chi connectivity index (χ4v) is 5.37. The smallest absolute Gasteiger partial charge is 0.258 e. The van der Waals surface area contributed by atoms with Gasteiger partial charge in [0.1, 0.15) is 23.4 Å². The van der Waals surface area contributed by atoms with E-state index in [0.717, 1.165) is 6.07 Å². The zero-order valence-electron chi connectivity index (χ0n) is 18.0. The van der Waals surface area contributed by atoms with Crippen molar-refractivity contribution in [1.29, 1.82) is 0 Å². The van der Waals surface area contributed by atoms with Gasteiger partial charge in [-0.15, -0.1) is 0 Å². The molecule has 0 radical (unpaired) electrons. The molecule has 1 aliphatic heterocycles. The molecule has 1 heterocycles. The van der Waals surface area contributed by atoms with Gasteiger partial charge < -0.3 is 20.1 Å². The highest BCUT2D eigenvalue weighted by Gasteiger charge is 2.72. The lowest BCUT2D eigenvalue weighted by molar-refractivity contribution is -0.184. The third kappa shape index (κ3) is 4.20. The average Bonchev–Trinajstić information content (AvgIpc) is 2.75. The molecule has 1 unspecified atom stereocenters. The van der Waals surface area contributed by atoms with Gasteiger partial charge in [-0.1, -0.05) is 23.2 Å². The van der Waals surface area contributed by atoms with E-state index in [0.29, 0.717) is 35.6 Å². The second-order valence-corrected chi connectivity index (χ2v) is 10.1. The van der Waals surface area contributed by atoms with E-state index in [1.54, 1.807) is 18.2 Å². The molecule has 0 aromatic heterocycles. The lowest BCUT2D eigenvalue weighted by atomic mass is 9.39. The molecule has 1 atom stereocenters. The van der Waals surface area contributed by atoms with Gasteiger partial charge in [-0.2, -0.15) is 0 Å². The van der Waals surface area contributed by atoms with Crippen molar-refractivity contribution >= 4 is 40.8 Å². The summed E-state index contributed by atoms with van der Waals surface area (Å²) in [4.78, 5) is 37.4. The summed E-state index contributed by atoms with van der Waals surface area (Å²) in [5, 5.41) is 6.26. The number of Topliss-reactive ketones (excluding diaryl/α,β-unsaturated/α-hetero) is 1. The maximum absolute atomic E-state index is 13.5. The summed E-state index contributed by atoms with van der Waals surface area (Å²) >= 11 is 11.6. The van der Waals surface area contributed by atoms with Crippen LogP contribution >= 0.6 is 23.2 Å². The Labute approximate surface area is 204 Å². The van der Waals surface area contributed by atoms with Crippen LogP contribution in [0.2, 0.25) is 10.0 Å². The van der Waals surface area contributed by atoms with E-state index in [9.17, 15) is 18.8 Å². The number of carbonyl (C=O) groups is 3. The van der Waals surface area contributed by atoms with Crippen molar-refractivity contribution in [1.82, 2.24) is 10.6 Å². The van der Waals surface area contributed by atoms with Crippen molar-refractivity contribution in [2.45, 2.75) is 37.3 Å². The van der Waals surface area contributed by atoms with E-state index in [4.69, 9.17) is 32.7 Å². The molecule has 0 spiro atoms. The van der Waals surface area contributed by atoms with Crippen molar-refractivity contribution in [2.24, 2.45) is 5.41 Å². The van der Waals surface area contributed by atoms with Crippen LogP contribution in [-0.2, 0) is 9.59 Å². The topological polar surface area (TPSA) is 93.7 Å². The molecule has 34 heavy (non-hydrogen) atoms. The fourth-order valence-electron chi connectivity index (χ4n) is 5.08. The van der Waals surface area contributed by atoms with Crippen LogP contribution in [0.25, 0.3) is 0 Å². The lowest BCUT2D eigenvalue weighted by Gasteiger charge is -2.69. The van der Waals surface area contributed by atoms with Crippen LogP contribution in [0.3, 0.4) is 0 Å². The summed E-state index contributed by atoms with van der Waals surface area (Å²) in [6.45, 7) is -0.0407. The second-order valence-electron chi connectivity index (χ2n) is 9.22. The van der Waals surface area contributed by atoms with Crippen LogP contribution in [0.5, 0.6) is 11.5 Å². The number of carbonyl (C=O) groups excluding carboxylic acids is 3. The highest BCUT2D eigenvalue weighted by molar-refractivity contribution is 6.31. The molecule has 6 rings (SSSR count). The molecule has 2 bridgehead atoms. The van der Waals surface area contributed by atoms with Crippen LogP contribution in [0.1, 0.15) is 36.0 Å². The monoisotopic (exact) mass is 506 g/mol. The van der Waals surface area contributed by atoms with Crippen molar-refractivity contribution in [3.63, 3.8) is 0 Å². The molecule has 2 aromatic carbocycles. The molecule has 3 saturated carbocycles. The summed E-state index contributed by atoms with van der Waals surface area (Å²) in [5.41, 5.74) is -0.451. The Morgan fingerprint density at radius 2 is 1.91 bits per heavy atom. The van der Waals surface area contributed by atoms with E-state index in [1.807, 2.05) is 0 Å².